The highest BCUT2D eigenvalue weighted by molar-refractivity contribution is 5.79. The molecule has 0 radical (unpaired) electrons. The number of ketones is 1. The van der Waals surface area contributed by atoms with Gasteiger partial charge in [0.1, 0.15) is 6.61 Å². The first kappa shape index (κ1) is 13.9. The molecule has 0 heterocycles. The summed E-state index contributed by atoms with van der Waals surface area (Å²) in [6.07, 6.45) is 0.517. The van der Waals surface area contributed by atoms with Crippen molar-refractivity contribution in [1.82, 2.24) is 0 Å². The molecule has 0 fully saturated rings. The van der Waals surface area contributed by atoms with Crippen LogP contribution in [0.15, 0.2) is 30.3 Å². The van der Waals surface area contributed by atoms with Crippen LogP contribution in [0, 0.1) is 0 Å². The SMILES string of the molecule is CC(C)OCC(=O)CCOCc1ccccc1. The van der Waals surface area contributed by atoms with Crippen LogP contribution >= 0.6 is 0 Å². The van der Waals surface area contributed by atoms with E-state index in [1.165, 1.54) is 0 Å². The number of Topliss-reactive ketones (excluding diaryl/α,β-unsaturated/α-hetero) is 1. The highest BCUT2D eigenvalue weighted by atomic mass is 16.5. The molecule has 0 aliphatic carbocycles. The lowest BCUT2D eigenvalue weighted by Gasteiger charge is -2.07. The van der Waals surface area contributed by atoms with Gasteiger partial charge >= 0.3 is 0 Å². The van der Waals surface area contributed by atoms with Crippen molar-refractivity contribution in [2.45, 2.75) is 33.0 Å². The maximum atomic E-state index is 11.4. The van der Waals surface area contributed by atoms with E-state index in [1.54, 1.807) is 0 Å². The van der Waals surface area contributed by atoms with Gasteiger partial charge in [-0.05, 0) is 19.4 Å². The fraction of sp³-hybridized carbons (Fsp3) is 0.500. The van der Waals surface area contributed by atoms with Gasteiger partial charge in [0.2, 0.25) is 0 Å². The number of carbonyl (C=O) groups is 1. The Hall–Kier alpha value is -1.19. The van der Waals surface area contributed by atoms with Crippen molar-refractivity contribution in [2.24, 2.45) is 0 Å². The van der Waals surface area contributed by atoms with Crippen LogP contribution in [0.3, 0.4) is 0 Å². The number of hydrogen-bond donors (Lipinski definition) is 0. The van der Waals surface area contributed by atoms with Gasteiger partial charge in [-0.3, -0.25) is 4.79 Å². The van der Waals surface area contributed by atoms with Crippen LogP contribution in [0.2, 0.25) is 0 Å². The predicted molar refractivity (Wildman–Crippen MR) is 66.8 cm³/mol. The first-order valence-corrected chi connectivity index (χ1v) is 5.93. The van der Waals surface area contributed by atoms with Crippen molar-refractivity contribution in [3.05, 3.63) is 35.9 Å². The molecule has 94 valence electrons. The van der Waals surface area contributed by atoms with Gasteiger partial charge in [0.25, 0.3) is 0 Å². The Labute approximate surface area is 103 Å². The molecule has 1 aromatic rings. The monoisotopic (exact) mass is 236 g/mol. The number of benzene rings is 1. The quantitative estimate of drug-likeness (QED) is 0.651. The molecule has 3 heteroatoms. The Morgan fingerprint density at radius 1 is 1.24 bits per heavy atom. The molecule has 0 bridgehead atoms. The summed E-state index contributed by atoms with van der Waals surface area (Å²) in [5.41, 5.74) is 1.12. The van der Waals surface area contributed by atoms with E-state index in [2.05, 4.69) is 0 Å². The topological polar surface area (TPSA) is 35.5 Å². The molecule has 0 atom stereocenters. The molecule has 1 aromatic carbocycles. The molecule has 1 rings (SSSR count). The molecule has 0 unspecified atom stereocenters. The summed E-state index contributed by atoms with van der Waals surface area (Å²) < 4.78 is 10.6. The summed E-state index contributed by atoms with van der Waals surface area (Å²) in [7, 11) is 0. The molecule has 0 spiro atoms. The second-order valence-electron chi connectivity index (χ2n) is 4.19. The van der Waals surface area contributed by atoms with E-state index in [-0.39, 0.29) is 18.5 Å². The average Bonchev–Trinajstić information content (AvgIpc) is 2.33. The summed E-state index contributed by atoms with van der Waals surface area (Å²) >= 11 is 0. The fourth-order valence-electron chi connectivity index (χ4n) is 1.28. The molecule has 0 N–H and O–H groups in total. The Bertz CT molecular complexity index is 319. The van der Waals surface area contributed by atoms with Gasteiger partial charge < -0.3 is 9.47 Å². The zero-order valence-electron chi connectivity index (χ0n) is 10.5. The second kappa shape index (κ2) is 7.98. The minimum absolute atomic E-state index is 0.0896. The summed E-state index contributed by atoms with van der Waals surface area (Å²) in [6.45, 7) is 5.03. The van der Waals surface area contributed by atoms with Crippen molar-refractivity contribution in [3.8, 4) is 0 Å². The van der Waals surface area contributed by atoms with E-state index in [4.69, 9.17) is 9.47 Å². The third-order valence-electron chi connectivity index (χ3n) is 2.21. The summed E-state index contributed by atoms with van der Waals surface area (Å²) in [5, 5.41) is 0. The Morgan fingerprint density at radius 3 is 2.59 bits per heavy atom. The predicted octanol–water partition coefficient (Wildman–Crippen LogP) is 2.59. The van der Waals surface area contributed by atoms with Gasteiger partial charge in [-0.15, -0.1) is 0 Å². The molecular weight excluding hydrogens is 216 g/mol. The average molecular weight is 236 g/mol. The van der Waals surface area contributed by atoms with Crippen LogP contribution in [0.25, 0.3) is 0 Å². The van der Waals surface area contributed by atoms with Crippen molar-refractivity contribution >= 4 is 5.78 Å². The van der Waals surface area contributed by atoms with E-state index in [9.17, 15) is 4.79 Å². The Kier molecular flexibility index (Phi) is 6.51. The molecule has 0 amide bonds. The first-order chi connectivity index (χ1) is 8.18. The minimum Gasteiger partial charge on any atom is -0.376 e. The normalized spacial score (nSPS) is 10.8. The van der Waals surface area contributed by atoms with E-state index in [0.717, 1.165) is 5.56 Å². The summed E-state index contributed by atoms with van der Waals surface area (Å²) in [5.74, 6) is 0.0896. The van der Waals surface area contributed by atoms with Gasteiger partial charge in [0.05, 0.1) is 19.3 Å². The molecule has 0 saturated carbocycles. The van der Waals surface area contributed by atoms with E-state index in [1.807, 2.05) is 44.2 Å². The Balaban J connectivity index is 2.06. The van der Waals surface area contributed by atoms with Crippen LogP contribution in [0.1, 0.15) is 25.8 Å². The van der Waals surface area contributed by atoms with E-state index < -0.39 is 0 Å². The van der Waals surface area contributed by atoms with Gasteiger partial charge in [-0.1, -0.05) is 30.3 Å². The molecule has 3 nitrogen and oxygen atoms in total. The second-order valence-corrected chi connectivity index (χ2v) is 4.19. The number of rotatable bonds is 8. The molecule has 0 aromatic heterocycles. The summed E-state index contributed by atoms with van der Waals surface area (Å²) in [4.78, 5) is 11.4. The van der Waals surface area contributed by atoms with Crippen molar-refractivity contribution in [3.63, 3.8) is 0 Å². The maximum absolute atomic E-state index is 11.4. The molecule has 0 aliphatic heterocycles. The molecule has 0 aliphatic rings. The standard InChI is InChI=1S/C14H20O3/c1-12(2)17-11-14(15)8-9-16-10-13-6-4-3-5-7-13/h3-7,12H,8-11H2,1-2H3. The van der Waals surface area contributed by atoms with Crippen molar-refractivity contribution in [2.75, 3.05) is 13.2 Å². The van der Waals surface area contributed by atoms with Gasteiger partial charge in [0, 0.05) is 6.42 Å². The third kappa shape index (κ3) is 6.87. The number of hydrogen-bond acceptors (Lipinski definition) is 3. The van der Waals surface area contributed by atoms with Crippen molar-refractivity contribution < 1.29 is 14.3 Å². The van der Waals surface area contributed by atoms with E-state index >= 15 is 0 Å². The van der Waals surface area contributed by atoms with Crippen molar-refractivity contribution in [1.29, 1.82) is 0 Å². The molecule has 17 heavy (non-hydrogen) atoms. The van der Waals surface area contributed by atoms with Crippen LogP contribution in [0.4, 0.5) is 0 Å². The minimum atomic E-state index is 0.0896. The largest absolute Gasteiger partial charge is 0.376 e. The van der Waals surface area contributed by atoms with Crippen LogP contribution < -0.4 is 0 Å². The zero-order chi connectivity index (χ0) is 12.5. The maximum Gasteiger partial charge on any atom is 0.160 e. The first-order valence-electron chi connectivity index (χ1n) is 5.93. The van der Waals surface area contributed by atoms with Gasteiger partial charge in [0.15, 0.2) is 5.78 Å². The number of carbonyl (C=O) groups excluding carboxylic acids is 1. The van der Waals surface area contributed by atoms with E-state index in [0.29, 0.717) is 19.6 Å². The van der Waals surface area contributed by atoms with Crippen LogP contribution in [-0.4, -0.2) is 25.1 Å². The lowest BCUT2D eigenvalue weighted by Crippen LogP contribution is -2.14. The smallest absolute Gasteiger partial charge is 0.160 e. The highest BCUT2D eigenvalue weighted by Gasteiger charge is 2.03. The fourth-order valence-corrected chi connectivity index (χ4v) is 1.28. The van der Waals surface area contributed by atoms with Crippen LogP contribution in [-0.2, 0) is 20.9 Å². The lowest BCUT2D eigenvalue weighted by atomic mass is 10.2. The zero-order valence-corrected chi connectivity index (χ0v) is 10.5. The molecule has 0 saturated heterocycles. The summed E-state index contributed by atoms with van der Waals surface area (Å²) in [6, 6.07) is 9.92. The molecular formula is C14H20O3. The third-order valence-corrected chi connectivity index (χ3v) is 2.21. The lowest BCUT2D eigenvalue weighted by molar-refractivity contribution is -0.126. The highest BCUT2D eigenvalue weighted by Crippen LogP contribution is 2.01. The van der Waals surface area contributed by atoms with Gasteiger partial charge in [-0.25, -0.2) is 0 Å². The van der Waals surface area contributed by atoms with Gasteiger partial charge in [-0.2, -0.15) is 0 Å². The Morgan fingerprint density at radius 2 is 1.94 bits per heavy atom. The number of ether oxygens (including phenoxy) is 2. The van der Waals surface area contributed by atoms with Crippen LogP contribution in [0.5, 0.6) is 0 Å².